The molecular weight excluding hydrogens is 132 g/mol. The van der Waals surface area contributed by atoms with Crippen molar-refractivity contribution in [3.05, 3.63) is 0 Å². The molecule has 1 rings (SSSR count). The van der Waals surface area contributed by atoms with Crippen LogP contribution in [-0.4, -0.2) is 0 Å². The van der Waals surface area contributed by atoms with E-state index in [-0.39, 0.29) is 7.43 Å². The molecule has 0 aromatic carbocycles. The van der Waals surface area contributed by atoms with Gasteiger partial charge in [0.1, 0.15) is 0 Å². The van der Waals surface area contributed by atoms with Crippen LogP contribution < -0.4 is 0 Å². The Hall–Kier alpha value is 0. The highest BCUT2D eigenvalue weighted by Crippen LogP contribution is 2.46. The van der Waals surface area contributed by atoms with Gasteiger partial charge < -0.3 is 0 Å². The van der Waals surface area contributed by atoms with E-state index in [2.05, 4.69) is 27.7 Å². The maximum absolute atomic E-state index is 2.45. The van der Waals surface area contributed by atoms with Gasteiger partial charge in [-0.15, -0.1) is 0 Å². The number of rotatable bonds is 1. The Labute approximate surface area is 72.4 Å². The molecule has 0 nitrogen and oxygen atoms in total. The standard InChI is InChI=1S/C10H20.CH4/c1-8(2)10(4)6-5-9(3)7-10;/h8-9H,5-7H2,1-4H3;1H4. The first-order valence-electron chi connectivity index (χ1n) is 4.54. The number of hydrogen-bond acceptors (Lipinski definition) is 0. The summed E-state index contributed by atoms with van der Waals surface area (Å²) in [6, 6.07) is 0. The van der Waals surface area contributed by atoms with E-state index in [0.717, 1.165) is 11.8 Å². The molecule has 1 aliphatic rings. The van der Waals surface area contributed by atoms with Crippen LogP contribution in [-0.2, 0) is 0 Å². The first-order valence-corrected chi connectivity index (χ1v) is 4.54. The fraction of sp³-hybridized carbons (Fsp3) is 1.00. The summed E-state index contributed by atoms with van der Waals surface area (Å²) in [5, 5.41) is 0. The van der Waals surface area contributed by atoms with E-state index in [9.17, 15) is 0 Å². The third kappa shape index (κ3) is 2.21. The van der Waals surface area contributed by atoms with Crippen LogP contribution in [0.15, 0.2) is 0 Å². The van der Waals surface area contributed by atoms with Gasteiger partial charge in [-0.25, -0.2) is 0 Å². The molecule has 68 valence electrons. The molecule has 11 heavy (non-hydrogen) atoms. The van der Waals surface area contributed by atoms with Gasteiger partial charge in [0.05, 0.1) is 0 Å². The number of hydrogen-bond donors (Lipinski definition) is 0. The zero-order valence-corrected chi connectivity index (χ0v) is 7.78. The minimum absolute atomic E-state index is 0. The molecule has 0 aromatic heterocycles. The molecule has 1 saturated carbocycles. The van der Waals surface area contributed by atoms with E-state index in [1.165, 1.54) is 19.3 Å². The summed E-state index contributed by atoms with van der Waals surface area (Å²) in [5.74, 6) is 1.85. The summed E-state index contributed by atoms with van der Waals surface area (Å²) in [5.41, 5.74) is 0.666. The molecule has 0 amide bonds. The quantitative estimate of drug-likeness (QED) is 0.536. The predicted molar refractivity (Wildman–Crippen MR) is 52.7 cm³/mol. The molecule has 1 aliphatic carbocycles. The Morgan fingerprint density at radius 1 is 1.36 bits per heavy atom. The van der Waals surface area contributed by atoms with Crippen LogP contribution in [0.3, 0.4) is 0 Å². The van der Waals surface area contributed by atoms with Crippen LogP contribution in [0.25, 0.3) is 0 Å². The normalized spacial score (nSPS) is 37.4. The Balaban J connectivity index is 0.000001000. The molecule has 2 atom stereocenters. The third-order valence-electron chi connectivity index (χ3n) is 3.42. The van der Waals surface area contributed by atoms with E-state index in [1.807, 2.05) is 0 Å². The van der Waals surface area contributed by atoms with Gasteiger partial charge in [-0.1, -0.05) is 41.5 Å². The highest BCUT2D eigenvalue weighted by Gasteiger charge is 2.35. The SMILES string of the molecule is C.CC1CCC(C)(C(C)C)C1. The Morgan fingerprint density at radius 3 is 2.09 bits per heavy atom. The van der Waals surface area contributed by atoms with Crippen LogP contribution >= 0.6 is 0 Å². The fourth-order valence-corrected chi connectivity index (χ4v) is 2.10. The molecule has 2 unspecified atom stereocenters. The molecule has 0 bridgehead atoms. The largest absolute Gasteiger partial charge is 0.0776 e. The van der Waals surface area contributed by atoms with Crippen molar-refractivity contribution >= 4 is 0 Å². The second kappa shape index (κ2) is 3.60. The Kier molecular flexibility index (Phi) is 3.60. The van der Waals surface area contributed by atoms with Gasteiger partial charge in [0.2, 0.25) is 0 Å². The Morgan fingerprint density at radius 2 is 1.91 bits per heavy atom. The topological polar surface area (TPSA) is 0 Å². The van der Waals surface area contributed by atoms with Crippen molar-refractivity contribution in [2.45, 2.75) is 54.4 Å². The Bertz CT molecular complexity index is 115. The van der Waals surface area contributed by atoms with Gasteiger partial charge in [-0.05, 0) is 30.1 Å². The molecule has 0 aliphatic heterocycles. The summed E-state index contributed by atoms with van der Waals surface area (Å²) >= 11 is 0. The van der Waals surface area contributed by atoms with Gasteiger partial charge in [0.15, 0.2) is 0 Å². The van der Waals surface area contributed by atoms with Gasteiger partial charge in [0.25, 0.3) is 0 Å². The third-order valence-corrected chi connectivity index (χ3v) is 3.42. The van der Waals surface area contributed by atoms with Crippen LogP contribution in [0, 0.1) is 17.3 Å². The van der Waals surface area contributed by atoms with Crippen molar-refractivity contribution in [3.8, 4) is 0 Å². The van der Waals surface area contributed by atoms with E-state index in [1.54, 1.807) is 0 Å². The monoisotopic (exact) mass is 156 g/mol. The highest BCUT2D eigenvalue weighted by atomic mass is 14.4. The zero-order chi connectivity index (χ0) is 7.78. The molecule has 0 heteroatoms. The second-order valence-corrected chi connectivity index (χ2v) is 4.66. The first-order chi connectivity index (χ1) is 4.54. The molecular formula is C11H24. The summed E-state index contributed by atoms with van der Waals surface area (Å²) in [6.07, 6.45) is 4.35. The maximum atomic E-state index is 2.45. The summed E-state index contributed by atoms with van der Waals surface area (Å²) in [6.45, 7) is 9.55. The smallest absolute Gasteiger partial charge is 0.0300 e. The maximum Gasteiger partial charge on any atom is -0.0300 e. The minimum Gasteiger partial charge on any atom is -0.0776 e. The highest BCUT2D eigenvalue weighted by molar-refractivity contribution is 4.85. The van der Waals surface area contributed by atoms with Crippen molar-refractivity contribution in [3.63, 3.8) is 0 Å². The molecule has 0 aromatic rings. The first kappa shape index (κ1) is 11.0. The van der Waals surface area contributed by atoms with Crippen molar-refractivity contribution < 1.29 is 0 Å². The van der Waals surface area contributed by atoms with Gasteiger partial charge in [-0.3, -0.25) is 0 Å². The fourth-order valence-electron chi connectivity index (χ4n) is 2.10. The second-order valence-electron chi connectivity index (χ2n) is 4.66. The van der Waals surface area contributed by atoms with E-state index >= 15 is 0 Å². The van der Waals surface area contributed by atoms with E-state index in [4.69, 9.17) is 0 Å². The van der Waals surface area contributed by atoms with E-state index in [0.29, 0.717) is 5.41 Å². The van der Waals surface area contributed by atoms with Crippen LogP contribution in [0.2, 0.25) is 0 Å². The van der Waals surface area contributed by atoms with Crippen LogP contribution in [0.1, 0.15) is 54.4 Å². The van der Waals surface area contributed by atoms with Crippen molar-refractivity contribution in [2.24, 2.45) is 17.3 Å². The minimum atomic E-state index is 0. The van der Waals surface area contributed by atoms with Crippen LogP contribution in [0.5, 0.6) is 0 Å². The van der Waals surface area contributed by atoms with Crippen molar-refractivity contribution in [1.29, 1.82) is 0 Å². The molecule has 0 heterocycles. The predicted octanol–water partition coefficient (Wildman–Crippen LogP) is 4.10. The molecule has 0 N–H and O–H groups in total. The molecule has 0 radical (unpaired) electrons. The van der Waals surface area contributed by atoms with Gasteiger partial charge >= 0.3 is 0 Å². The summed E-state index contributed by atoms with van der Waals surface area (Å²) in [7, 11) is 0. The van der Waals surface area contributed by atoms with E-state index < -0.39 is 0 Å². The van der Waals surface area contributed by atoms with Crippen molar-refractivity contribution in [1.82, 2.24) is 0 Å². The molecule has 0 saturated heterocycles. The zero-order valence-electron chi connectivity index (χ0n) is 7.78. The van der Waals surface area contributed by atoms with Gasteiger partial charge in [0, 0.05) is 0 Å². The van der Waals surface area contributed by atoms with Crippen LogP contribution in [0.4, 0.5) is 0 Å². The summed E-state index contributed by atoms with van der Waals surface area (Å²) < 4.78 is 0. The molecule has 0 spiro atoms. The van der Waals surface area contributed by atoms with Gasteiger partial charge in [-0.2, -0.15) is 0 Å². The average molecular weight is 156 g/mol. The lowest BCUT2D eigenvalue weighted by Gasteiger charge is -2.28. The lowest BCUT2D eigenvalue weighted by atomic mass is 9.77. The molecule has 1 fully saturated rings. The summed E-state index contributed by atoms with van der Waals surface area (Å²) in [4.78, 5) is 0. The lowest BCUT2D eigenvalue weighted by Crippen LogP contribution is -2.19. The lowest BCUT2D eigenvalue weighted by molar-refractivity contribution is 0.220. The average Bonchev–Trinajstić information content (AvgIpc) is 2.13. The van der Waals surface area contributed by atoms with Crippen molar-refractivity contribution in [2.75, 3.05) is 0 Å².